The number of sulfone groups is 1. The molecule has 2 heterocycles. The van der Waals surface area contributed by atoms with Gasteiger partial charge in [-0.3, -0.25) is 14.4 Å². The summed E-state index contributed by atoms with van der Waals surface area (Å²) in [5.74, 6) is -1.26. The molecule has 3 amide bonds. The Hall–Kier alpha value is -2.46. The molecule has 1 aromatic carbocycles. The maximum absolute atomic E-state index is 12.7. The number of carbonyl (C=O) groups is 3. The van der Waals surface area contributed by atoms with Crippen molar-refractivity contribution < 1.29 is 22.8 Å². The van der Waals surface area contributed by atoms with Gasteiger partial charge in [0, 0.05) is 32.5 Å². The number of halogens is 1. The van der Waals surface area contributed by atoms with Crippen molar-refractivity contribution in [2.45, 2.75) is 25.3 Å². The molecule has 1 fully saturated rings. The zero-order valence-electron chi connectivity index (χ0n) is 16.0. The summed E-state index contributed by atoms with van der Waals surface area (Å²) in [6.07, 6.45) is 0.497. The van der Waals surface area contributed by atoms with Crippen molar-refractivity contribution in [2.75, 3.05) is 30.9 Å². The molecule has 1 aromatic rings. The van der Waals surface area contributed by atoms with Crippen LogP contribution in [0.5, 0.6) is 0 Å². The minimum atomic E-state index is -3.20. The Bertz CT molecular complexity index is 1010. The third-order valence-corrected chi connectivity index (χ3v) is 6.82. The van der Waals surface area contributed by atoms with E-state index in [1.54, 1.807) is 20.2 Å². The molecule has 1 atom stereocenters. The van der Waals surface area contributed by atoms with Crippen LogP contribution in [0.15, 0.2) is 23.3 Å². The summed E-state index contributed by atoms with van der Waals surface area (Å²) in [6.45, 7) is 0. The van der Waals surface area contributed by atoms with Gasteiger partial charge in [-0.1, -0.05) is 11.6 Å². The van der Waals surface area contributed by atoms with Gasteiger partial charge in [0.2, 0.25) is 5.91 Å². The first-order valence-corrected chi connectivity index (χ1v) is 11.2. The van der Waals surface area contributed by atoms with Crippen LogP contribution in [0.1, 0.15) is 29.6 Å². The van der Waals surface area contributed by atoms with E-state index >= 15 is 0 Å². The van der Waals surface area contributed by atoms with E-state index in [-0.39, 0.29) is 52.6 Å². The Balaban J connectivity index is 1.80. The van der Waals surface area contributed by atoms with Crippen molar-refractivity contribution in [3.8, 4) is 0 Å². The summed E-state index contributed by atoms with van der Waals surface area (Å²) in [7, 11) is 0.0266. The average Bonchev–Trinajstić information content (AvgIpc) is 3.02. The van der Waals surface area contributed by atoms with Crippen molar-refractivity contribution in [3.05, 3.63) is 28.8 Å². The molecule has 0 aromatic heterocycles. The lowest BCUT2D eigenvalue weighted by Gasteiger charge is -2.27. The van der Waals surface area contributed by atoms with Gasteiger partial charge in [0.25, 0.3) is 11.8 Å². The fraction of sp³-hybridized carbons (Fsp3) is 0.444. The smallest absolute Gasteiger partial charge is 0.271 e. The molecule has 0 saturated carbocycles. The molecule has 0 spiro atoms. The normalized spacial score (nSPS) is 20.9. The van der Waals surface area contributed by atoms with E-state index in [1.807, 2.05) is 0 Å². The van der Waals surface area contributed by atoms with E-state index < -0.39 is 21.8 Å². The quantitative estimate of drug-likeness (QED) is 0.753. The molecule has 3 rings (SSSR count). The fourth-order valence-electron chi connectivity index (χ4n) is 3.19. The van der Waals surface area contributed by atoms with Gasteiger partial charge >= 0.3 is 0 Å². The van der Waals surface area contributed by atoms with Gasteiger partial charge in [-0.05, 0) is 24.6 Å². The Morgan fingerprint density at radius 1 is 1.28 bits per heavy atom. The van der Waals surface area contributed by atoms with Crippen molar-refractivity contribution >= 4 is 50.6 Å². The zero-order chi connectivity index (χ0) is 21.3. The van der Waals surface area contributed by atoms with Crippen LogP contribution in [0.4, 0.5) is 5.69 Å². The topological polar surface area (TPSA) is 116 Å². The van der Waals surface area contributed by atoms with Crippen LogP contribution >= 0.6 is 11.6 Å². The van der Waals surface area contributed by atoms with Crippen molar-refractivity contribution in [3.63, 3.8) is 0 Å². The maximum atomic E-state index is 12.7. The Labute approximate surface area is 173 Å². The second-order valence-corrected chi connectivity index (χ2v) is 9.83. The molecule has 9 nitrogen and oxygen atoms in total. The van der Waals surface area contributed by atoms with Gasteiger partial charge in [0.15, 0.2) is 9.84 Å². The minimum absolute atomic E-state index is 0.000794. The SMILES string of the molecule is CN(C)C(=O)c1ccc(Cl)c(NC(=O)C2=NN(C3CCS(=O)(=O)C3)C(=O)CC2)c1. The number of anilines is 1. The molecule has 0 bridgehead atoms. The van der Waals surface area contributed by atoms with E-state index in [2.05, 4.69) is 10.4 Å². The zero-order valence-corrected chi connectivity index (χ0v) is 17.6. The van der Waals surface area contributed by atoms with Crippen LogP contribution in [-0.4, -0.2) is 73.4 Å². The molecule has 1 unspecified atom stereocenters. The number of amides is 3. The maximum Gasteiger partial charge on any atom is 0.271 e. The first-order chi connectivity index (χ1) is 13.6. The largest absolute Gasteiger partial charge is 0.345 e. The Morgan fingerprint density at radius 3 is 2.62 bits per heavy atom. The first kappa shape index (κ1) is 21.3. The predicted molar refractivity (Wildman–Crippen MR) is 109 cm³/mol. The van der Waals surface area contributed by atoms with E-state index in [9.17, 15) is 22.8 Å². The predicted octanol–water partition coefficient (Wildman–Crippen LogP) is 1.15. The molecule has 11 heteroatoms. The molecule has 2 aliphatic rings. The lowest BCUT2D eigenvalue weighted by Crippen LogP contribution is -2.42. The van der Waals surface area contributed by atoms with Crippen LogP contribution in [-0.2, 0) is 19.4 Å². The number of hydrazone groups is 1. The summed E-state index contributed by atoms with van der Waals surface area (Å²) in [4.78, 5) is 38.4. The van der Waals surface area contributed by atoms with Gasteiger partial charge < -0.3 is 10.2 Å². The minimum Gasteiger partial charge on any atom is -0.345 e. The number of hydrogen-bond donors (Lipinski definition) is 1. The van der Waals surface area contributed by atoms with Gasteiger partial charge in [-0.25, -0.2) is 13.4 Å². The molecular formula is C18H21ClN4O5S. The number of nitrogens with one attached hydrogen (secondary N) is 1. The van der Waals surface area contributed by atoms with Crippen LogP contribution in [0, 0.1) is 0 Å². The van der Waals surface area contributed by atoms with Gasteiger partial charge in [0.1, 0.15) is 5.71 Å². The molecule has 29 heavy (non-hydrogen) atoms. The average molecular weight is 441 g/mol. The molecular weight excluding hydrogens is 420 g/mol. The molecule has 0 radical (unpaired) electrons. The summed E-state index contributed by atoms with van der Waals surface area (Å²) in [6, 6.07) is 3.98. The number of nitrogens with zero attached hydrogens (tertiary/aromatic N) is 3. The van der Waals surface area contributed by atoms with Crippen LogP contribution in [0.25, 0.3) is 0 Å². The number of benzene rings is 1. The molecule has 156 valence electrons. The monoisotopic (exact) mass is 440 g/mol. The van der Waals surface area contributed by atoms with E-state index in [0.29, 0.717) is 12.0 Å². The molecule has 1 saturated heterocycles. The summed E-state index contributed by atoms with van der Waals surface area (Å²) < 4.78 is 23.4. The summed E-state index contributed by atoms with van der Waals surface area (Å²) in [5.41, 5.74) is 0.710. The lowest BCUT2D eigenvalue weighted by molar-refractivity contribution is -0.133. The first-order valence-electron chi connectivity index (χ1n) is 9.00. The lowest BCUT2D eigenvalue weighted by atomic mass is 10.1. The van der Waals surface area contributed by atoms with E-state index in [4.69, 9.17) is 11.6 Å². The third-order valence-electron chi connectivity index (χ3n) is 4.74. The standard InChI is InChI=1S/C18H21ClN4O5S/c1-22(2)18(26)11-3-4-13(19)15(9-11)20-17(25)14-5-6-16(24)23(21-14)12-7-8-29(27,28)10-12/h3-4,9,12H,5-8,10H2,1-2H3,(H,20,25). The van der Waals surface area contributed by atoms with E-state index in [0.717, 1.165) is 5.01 Å². The Morgan fingerprint density at radius 2 is 2.00 bits per heavy atom. The number of carbonyl (C=O) groups excluding carboxylic acids is 3. The van der Waals surface area contributed by atoms with E-state index in [1.165, 1.54) is 17.0 Å². The second-order valence-electron chi connectivity index (χ2n) is 7.19. The van der Waals surface area contributed by atoms with Crippen molar-refractivity contribution in [1.29, 1.82) is 0 Å². The van der Waals surface area contributed by atoms with Crippen LogP contribution in [0.2, 0.25) is 5.02 Å². The molecule has 1 N–H and O–H groups in total. The highest BCUT2D eigenvalue weighted by atomic mass is 35.5. The molecule has 2 aliphatic heterocycles. The highest BCUT2D eigenvalue weighted by Crippen LogP contribution is 2.25. The fourth-order valence-corrected chi connectivity index (χ4v) is 5.05. The van der Waals surface area contributed by atoms with Crippen LogP contribution in [0.3, 0.4) is 0 Å². The van der Waals surface area contributed by atoms with Gasteiger partial charge in [-0.2, -0.15) is 5.10 Å². The van der Waals surface area contributed by atoms with Crippen molar-refractivity contribution in [2.24, 2.45) is 5.10 Å². The number of rotatable bonds is 4. The third kappa shape index (κ3) is 4.76. The van der Waals surface area contributed by atoms with Crippen LogP contribution < -0.4 is 5.32 Å². The van der Waals surface area contributed by atoms with Gasteiger partial charge in [0.05, 0.1) is 28.3 Å². The second kappa shape index (κ2) is 8.11. The highest BCUT2D eigenvalue weighted by Gasteiger charge is 2.37. The summed E-state index contributed by atoms with van der Waals surface area (Å²) in [5, 5.41) is 8.13. The highest BCUT2D eigenvalue weighted by molar-refractivity contribution is 7.91. The summed E-state index contributed by atoms with van der Waals surface area (Å²) >= 11 is 6.14. The molecule has 0 aliphatic carbocycles. The Kier molecular flexibility index (Phi) is 5.95. The van der Waals surface area contributed by atoms with Gasteiger partial charge in [-0.15, -0.1) is 0 Å². The number of hydrogen-bond acceptors (Lipinski definition) is 6. The van der Waals surface area contributed by atoms with Crippen molar-refractivity contribution in [1.82, 2.24) is 9.91 Å².